The SMILES string of the molecule is C#Cc1cc(OCc2ccccc2)cc(C(=O)OC)c1. The van der Waals surface area contributed by atoms with Crippen molar-refractivity contribution < 1.29 is 14.3 Å². The number of hydrogen-bond donors (Lipinski definition) is 0. The van der Waals surface area contributed by atoms with Crippen LogP contribution in [0.1, 0.15) is 21.5 Å². The Bertz CT molecular complexity index is 639. The first kappa shape index (κ1) is 13.7. The van der Waals surface area contributed by atoms with Crippen molar-refractivity contribution in [3.05, 3.63) is 65.2 Å². The normalized spacial score (nSPS) is 9.60. The van der Waals surface area contributed by atoms with Crippen LogP contribution in [0.5, 0.6) is 5.75 Å². The van der Waals surface area contributed by atoms with Gasteiger partial charge in [-0.25, -0.2) is 4.79 Å². The van der Waals surface area contributed by atoms with Crippen molar-refractivity contribution in [2.75, 3.05) is 7.11 Å². The molecule has 0 aromatic heterocycles. The van der Waals surface area contributed by atoms with Gasteiger partial charge in [-0.2, -0.15) is 0 Å². The molecule has 2 aromatic carbocycles. The summed E-state index contributed by atoms with van der Waals surface area (Å²) >= 11 is 0. The van der Waals surface area contributed by atoms with Gasteiger partial charge in [-0.3, -0.25) is 0 Å². The zero-order chi connectivity index (χ0) is 14.4. The Labute approximate surface area is 118 Å². The molecule has 0 aliphatic carbocycles. The van der Waals surface area contributed by atoms with Crippen LogP contribution in [0.3, 0.4) is 0 Å². The van der Waals surface area contributed by atoms with E-state index in [9.17, 15) is 4.79 Å². The monoisotopic (exact) mass is 266 g/mol. The Balaban J connectivity index is 2.19. The number of terminal acetylenes is 1. The van der Waals surface area contributed by atoms with E-state index in [1.165, 1.54) is 7.11 Å². The van der Waals surface area contributed by atoms with Gasteiger partial charge in [-0.05, 0) is 23.8 Å². The molecule has 0 aliphatic heterocycles. The van der Waals surface area contributed by atoms with Crippen LogP contribution in [0.4, 0.5) is 0 Å². The van der Waals surface area contributed by atoms with Crippen LogP contribution in [0.2, 0.25) is 0 Å². The van der Waals surface area contributed by atoms with Crippen molar-refractivity contribution in [2.45, 2.75) is 6.61 Å². The Morgan fingerprint density at radius 3 is 2.60 bits per heavy atom. The van der Waals surface area contributed by atoms with E-state index in [-0.39, 0.29) is 0 Å². The molecular weight excluding hydrogens is 252 g/mol. The average molecular weight is 266 g/mol. The second kappa shape index (κ2) is 6.44. The molecule has 3 heteroatoms. The fourth-order valence-electron chi connectivity index (χ4n) is 1.74. The van der Waals surface area contributed by atoms with Crippen molar-refractivity contribution in [3.63, 3.8) is 0 Å². The highest BCUT2D eigenvalue weighted by atomic mass is 16.5. The highest BCUT2D eigenvalue weighted by Gasteiger charge is 2.09. The van der Waals surface area contributed by atoms with E-state index < -0.39 is 5.97 Å². The second-order valence-electron chi connectivity index (χ2n) is 4.16. The van der Waals surface area contributed by atoms with Crippen molar-refractivity contribution in [2.24, 2.45) is 0 Å². The average Bonchev–Trinajstić information content (AvgIpc) is 2.52. The van der Waals surface area contributed by atoms with Gasteiger partial charge in [0.25, 0.3) is 0 Å². The Hall–Kier alpha value is -2.73. The molecule has 0 atom stereocenters. The maximum Gasteiger partial charge on any atom is 0.338 e. The molecule has 20 heavy (non-hydrogen) atoms. The Morgan fingerprint density at radius 2 is 1.95 bits per heavy atom. The first-order valence-corrected chi connectivity index (χ1v) is 6.09. The summed E-state index contributed by atoms with van der Waals surface area (Å²) in [6.07, 6.45) is 5.38. The van der Waals surface area contributed by atoms with Crippen molar-refractivity contribution in [1.29, 1.82) is 0 Å². The molecule has 0 saturated heterocycles. The van der Waals surface area contributed by atoms with Crippen LogP contribution in [-0.4, -0.2) is 13.1 Å². The minimum absolute atomic E-state index is 0.381. The van der Waals surface area contributed by atoms with Gasteiger partial charge in [0.2, 0.25) is 0 Å². The molecule has 0 heterocycles. The van der Waals surface area contributed by atoms with E-state index in [0.29, 0.717) is 23.5 Å². The molecule has 0 radical (unpaired) electrons. The lowest BCUT2D eigenvalue weighted by atomic mass is 10.1. The van der Waals surface area contributed by atoms with Crippen LogP contribution < -0.4 is 4.74 Å². The highest BCUT2D eigenvalue weighted by Crippen LogP contribution is 2.19. The summed E-state index contributed by atoms with van der Waals surface area (Å²) in [7, 11) is 1.33. The molecule has 2 rings (SSSR count). The van der Waals surface area contributed by atoms with Crippen molar-refractivity contribution in [1.82, 2.24) is 0 Å². The number of carbonyl (C=O) groups is 1. The van der Waals surface area contributed by atoms with E-state index in [0.717, 1.165) is 5.56 Å². The van der Waals surface area contributed by atoms with E-state index in [1.54, 1.807) is 18.2 Å². The number of ether oxygens (including phenoxy) is 2. The maximum atomic E-state index is 11.6. The number of methoxy groups -OCH3 is 1. The predicted molar refractivity (Wildman–Crippen MR) is 76.5 cm³/mol. The van der Waals surface area contributed by atoms with Gasteiger partial charge in [-0.1, -0.05) is 36.3 Å². The molecule has 2 aromatic rings. The summed E-state index contributed by atoms with van der Waals surface area (Å²) < 4.78 is 10.4. The summed E-state index contributed by atoms with van der Waals surface area (Å²) in [5, 5.41) is 0. The molecule has 0 fully saturated rings. The number of hydrogen-bond acceptors (Lipinski definition) is 3. The van der Waals surface area contributed by atoms with Crippen molar-refractivity contribution >= 4 is 5.97 Å². The lowest BCUT2D eigenvalue weighted by Gasteiger charge is -2.08. The van der Waals surface area contributed by atoms with Crippen LogP contribution in [-0.2, 0) is 11.3 Å². The smallest absolute Gasteiger partial charge is 0.338 e. The Kier molecular flexibility index (Phi) is 4.41. The molecule has 0 aliphatic rings. The van der Waals surface area contributed by atoms with Crippen LogP contribution in [0.15, 0.2) is 48.5 Å². The molecule has 3 nitrogen and oxygen atoms in total. The summed E-state index contributed by atoms with van der Waals surface area (Å²) in [6.45, 7) is 0.412. The van der Waals surface area contributed by atoms with Gasteiger partial charge in [0.1, 0.15) is 12.4 Å². The number of carbonyl (C=O) groups excluding carboxylic acids is 1. The highest BCUT2D eigenvalue weighted by molar-refractivity contribution is 5.90. The van der Waals surface area contributed by atoms with Crippen LogP contribution in [0, 0.1) is 12.3 Å². The zero-order valence-corrected chi connectivity index (χ0v) is 11.1. The van der Waals surface area contributed by atoms with E-state index in [1.807, 2.05) is 30.3 Å². The summed E-state index contributed by atoms with van der Waals surface area (Å²) in [5.74, 6) is 2.60. The van der Waals surface area contributed by atoms with Gasteiger partial charge >= 0.3 is 5.97 Å². The fourth-order valence-corrected chi connectivity index (χ4v) is 1.74. The number of esters is 1. The summed E-state index contributed by atoms with van der Waals surface area (Å²) in [5.41, 5.74) is 2.00. The first-order chi connectivity index (χ1) is 9.72. The topological polar surface area (TPSA) is 35.5 Å². The molecule has 0 unspecified atom stereocenters. The molecule has 0 saturated carbocycles. The molecule has 0 amide bonds. The standard InChI is InChI=1S/C17H14O3/c1-3-13-9-15(17(18)19-2)11-16(10-13)20-12-14-7-5-4-6-8-14/h1,4-11H,12H2,2H3. The number of rotatable bonds is 4. The molecular formula is C17H14O3. The quantitative estimate of drug-likeness (QED) is 0.630. The molecule has 0 spiro atoms. The molecule has 100 valence electrons. The lowest BCUT2D eigenvalue weighted by Crippen LogP contribution is -2.03. The third-order valence-electron chi connectivity index (χ3n) is 2.74. The summed E-state index contributed by atoms with van der Waals surface area (Å²) in [4.78, 5) is 11.6. The minimum Gasteiger partial charge on any atom is -0.489 e. The zero-order valence-electron chi connectivity index (χ0n) is 11.1. The third kappa shape index (κ3) is 3.39. The maximum absolute atomic E-state index is 11.6. The number of benzene rings is 2. The van der Waals surface area contributed by atoms with Gasteiger partial charge in [-0.15, -0.1) is 6.42 Å². The van der Waals surface area contributed by atoms with E-state index in [4.69, 9.17) is 15.9 Å². The van der Waals surface area contributed by atoms with Gasteiger partial charge in [0, 0.05) is 5.56 Å². The molecule has 0 bridgehead atoms. The van der Waals surface area contributed by atoms with Gasteiger partial charge < -0.3 is 9.47 Å². The lowest BCUT2D eigenvalue weighted by molar-refractivity contribution is 0.0600. The van der Waals surface area contributed by atoms with E-state index in [2.05, 4.69) is 5.92 Å². The fraction of sp³-hybridized carbons (Fsp3) is 0.118. The first-order valence-electron chi connectivity index (χ1n) is 6.09. The Morgan fingerprint density at radius 1 is 1.20 bits per heavy atom. The minimum atomic E-state index is -0.438. The van der Waals surface area contributed by atoms with Crippen molar-refractivity contribution in [3.8, 4) is 18.1 Å². The largest absolute Gasteiger partial charge is 0.489 e. The van der Waals surface area contributed by atoms with Gasteiger partial charge in [0.05, 0.1) is 12.7 Å². The van der Waals surface area contributed by atoms with Gasteiger partial charge in [0.15, 0.2) is 0 Å². The van der Waals surface area contributed by atoms with E-state index >= 15 is 0 Å². The third-order valence-corrected chi connectivity index (χ3v) is 2.74. The van der Waals surface area contributed by atoms with Crippen LogP contribution >= 0.6 is 0 Å². The predicted octanol–water partition coefficient (Wildman–Crippen LogP) is 3.03. The summed E-state index contributed by atoms with van der Waals surface area (Å²) in [6, 6.07) is 14.7. The molecule has 0 N–H and O–H groups in total. The second-order valence-corrected chi connectivity index (χ2v) is 4.16. The van der Waals surface area contributed by atoms with Crippen LogP contribution in [0.25, 0.3) is 0 Å².